The van der Waals surface area contributed by atoms with E-state index in [1.54, 1.807) is 12.5 Å². The molecular weight excluding hydrogens is 166 g/mol. The summed E-state index contributed by atoms with van der Waals surface area (Å²) in [5.41, 5.74) is 1.21. The molecule has 0 aromatic carbocycles. The Bertz CT molecular complexity index is 391. The normalized spacial score (nSPS) is 23.7. The SMILES string of the molecule is C1=COC2C(=CNc3ccnn32)C1. The van der Waals surface area contributed by atoms with Crippen LogP contribution in [0.3, 0.4) is 0 Å². The van der Waals surface area contributed by atoms with Crippen molar-refractivity contribution >= 4 is 5.82 Å². The van der Waals surface area contributed by atoms with Gasteiger partial charge in [0.1, 0.15) is 5.82 Å². The number of anilines is 1. The Labute approximate surface area is 75.5 Å². The monoisotopic (exact) mass is 175 g/mol. The van der Waals surface area contributed by atoms with Gasteiger partial charge in [0.05, 0.1) is 12.5 Å². The molecule has 0 bridgehead atoms. The van der Waals surface area contributed by atoms with Gasteiger partial charge >= 0.3 is 0 Å². The first-order valence-electron chi connectivity index (χ1n) is 4.24. The Kier molecular flexibility index (Phi) is 1.24. The molecule has 1 aromatic rings. The first-order chi connectivity index (χ1) is 6.45. The van der Waals surface area contributed by atoms with Gasteiger partial charge in [-0.1, -0.05) is 0 Å². The molecule has 0 spiro atoms. The van der Waals surface area contributed by atoms with E-state index >= 15 is 0 Å². The van der Waals surface area contributed by atoms with Crippen LogP contribution in [0.2, 0.25) is 0 Å². The maximum Gasteiger partial charge on any atom is 0.216 e. The highest BCUT2D eigenvalue weighted by Gasteiger charge is 2.24. The van der Waals surface area contributed by atoms with Gasteiger partial charge in [0, 0.05) is 17.8 Å². The van der Waals surface area contributed by atoms with E-state index in [1.807, 2.05) is 23.0 Å². The largest absolute Gasteiger partial charge is 0.473 e. The minimum Gasteiger partial charge on any atom is -0.473 e. The average molecular weight is 175 g/mol. The van der Waals surface area contributed by atoms with Crippen molar-refractivity contribution in [3.63, 3.8) is 0 Å². The second-order valence-electron chi connectivity index (χ2n) is 3.09. The van der Waals surface area contributed by atoms with E-state index in [4.69, 9.17) is 4.74 Å². The van der Waals surface area contributed by atoms with Gasteiger partial charge in [0.15, 0.2) is 0 Å². The molecule has 3 heterocycles. The van der Waals surface area contributed by atoms with Crippen LogP contribution in [0.15, 0.2) is 36.4 Å². The van der Waals surface area contributed by atoms with Gasteiger partial charge in [-0.05, 0) is 12.5 Å². The number of rotatable bonds is 0. The lowest BCUT2D eigenvalue weighted by molar-refractivity contribution is 0.0916. The molecule has 0 aliphatic carbocycles. The van der Waals surface area contributed by atoms with E-state index in [-0.39, 0.29) is 6.23 Å². The van der Waals surface area contributed by atoms with Crippen molar-refractivity contribution in [3.8, 4) is 0 Å². The molecule has 3 rings (SSSR count). The fourth-order valence-corrected chi connectivity index (χ4v) is 1.63. The molecule has 0 saturated carbocycles. The van der Waals surface area contributed by atoms with E-state index < -0.39 is 0 Å². The summed E-state index contributed by atoms with van der Waals surface area (Å²) >= 11 is 0. The fourth-order valence-electron chi connectivity index (χ4n) is 1.63. The number of aromatic nitrogens is 2. The lowest BCUT2D eigenvalue weighted by Crippen LogP contribution is -2.22. The average Bonchev–Trinajstić information content (AvgIpc) is 2.65. The Morgan fingerprint density at radius 2 is 2.62 bits per heavy atom. The van der Waals surface area contributed by atoms with Crippen LogP contribution in [0.25, 0.3) is 0 Å². The summed E-state index contributed by atoms with van der Waals surface area (Å²) < 4.78 is 7.32. The number of hydrogen-bond donors (Lipinski definition) is 1. The predicted octanol–water partition coefficient (Wildman–Crippen LogP) is 1.63. The van der Waals surface area contributed by atoms with Crippen LogP contribution in [-0.4, -0.2) is 9.78 Å². The molecule has 66 valence electrons. The van der Waals surface area contributed by atoms with E-state index in [2.05, 4.69) is 10.4 Å². The summed E-state index contributed by atoms with van der Waals surface area (Å²) in [4.78, 5) is 0. The Balaban J connectivity index is 2.09. The predicted molar refractivity (Wildman–Crippen MR) is 47.8 cm³/mol. The Morgan fingerprint density at radius 1 is 1.62 bits per heavy atom. The van der Waals surface area contributed by atoms with Crippen LogP contribution in [0.4, 0.5) is 5.82 Å². The standard InChI is InChI=1S/C9H9N3O/c1-2-7-6-10-8-3-4-11-12(8)9(7)13-5-1/h1,3-6,9-10H,2H2. The van der Waals surface area contributed by atoms with E-state index in [9.17, 15) is 0 Å². The summed E-state index contributed by atoms with van der Waals surface area (Å²) in [5, 5.41) is 7.36. The van der Waals surface area contributed by atoms with Crippen LogP contribution in [0, 0.1) is 0 Å². The minimum absolute atomic E-state index is 0.0451. The van der Waals surface area contributed by atoms with Gasteiger partial charge in [-0.15, -0.1) is 0 Å². The Morgan fingerprint density at radius 3 is 3.62 bits per heavy atom. The zero-order valence-corrected chi connectivity index (χ0v) is 6.97. The summed E-state index contributed by atoms with van der Waals surface area (Å²) in [6.07, 6.45) is 8.37. The van der Waals surface area contributed by atoms with Gasteiger partial charge in [0.2, 0.25) is 6.23 Å². The molecule has 0 fully saturated rings. The smallest absolute Gasteiger partial charge is 0.216 e. The van der Waals surface area contributed by atoms with Crippen LogP contribution in [-0.2, 0) is 4.74 Å². The minimum atomic E-state index is -0.0451. The third-order valence-electron chi connectivity index (χ3n) is 2.27. The maximum absolute atomic E-state index is 5.48. The highest BCUT2D eigenvalue weighted by atomic mass is 16.5. The molecule has 1 unspecified atom stereocenters. The maximum atomic E-state index is 5.48. The van der Waals surface area contributed by atoms with Crippen molar-refractivity contribution in [2.45, 2.75) is 12.6 Å². The molecule has 0 amide bonds. The second kappa shape index (κ2) is 2.39. The summed E-state index contributed by atoms with van der Waals surface area (Å²) in [5.74, 6) is 0.976. The van der Waals surface area contributed by atoms with Crippen molar-refractivity contribution in [1.82, 2.24) is 9.78 Å². The van der Waals surface area contributed by atoms with Crippen LogP contribution >= 0.6 is 0 Å². The van der Waals surface area contributed by atoms with Crippen LogP contribution in [0.1, 0.15) is 12.6 Å². The van der Waals surface area contributed by atoms with Crippen molar-refractivity contribution in [3.05, 3.63) is 36.4 Å². The van der Waals surface area contributed by atoms with Crippen molar-refractivity contribution in [2.75, 3.05) is 5.32 Å². The quantitative estimate of drug-likeness (QED) is 0.651. The topological polar surface area (TPSA) is 39.1 Å². The first-order valence-corrected chi connectivity index (χ1v) is 4.24. The molecule has 1 N–H and O–H groups in total. The molecule has 4 heteroatoms. The molecular formula is C9H9N3O. The summed E-state index contributed by atoms with van der Waals surface area (Å²) in [6, 6.07) is 1.93. The molecule has 4 nitrogen and oxygen atoms in total. The molecule has 2 aliphatic rings. The second-order valence-corrected chi connectivity index (χ2v) is 3.09. The zero-order valence-electron chi connectivity index (χ0n) is 6.97. The van der Waals surface area contributed by atoms with Gasteiger partial charge in [-0.2, -0.15) is 5.10 Å². The third-order valence-corrected chi connectivity index (χ3v) is 2.27. The molecule has 0 radical (unpaired) electrons. The van der Waals surface area contributed by atoms with Crippen molar-refractivity contribution in [1.29, 1.82) is 0 Å². The lowest BCUT2D eigenvalue weighted by Gasteiger charge is -2.27. The molecule has 2 aliphatic heterocycles. The third kappa shape index (κ3) is 0.884. The number of ether oxygens (including phenoxy) is 1. The highest BCUT2D eigenvalue weighted by molar-refractivity contribution is 5.43. The van der Waals surface area contributed by atoms with Gasteiger partial charge in [-0.3, -0.25) is 0 Å². The number of hydrogen-bond acceptors (Lipinski definition) is 3. The van der Waals surface area contributed by atoms with Gasteiger partial charge in [-0.25, -0.2) is 4.68 Å². The van der Waals surface area contributed by atoms with E-state index in [0.29, 0.717) is 0 Å². The van der Waals surface area contributed by atoms with Crippen LogP contribution < -0.4 is 5.32 Å². The van der Waals surface area contributed by atoms with Gasteiger partial charge in [0.25, 0.3) is 0 Å². The zero-order chi connectivity index (χ0) is 8.67. The van der Waals surface area contributed by atoms with Crippen molar-refractivity contribution < 1.29 is 4.74 Å². The first kappa shape index (κ1) is 6.77. The molecule has 13 heavy (non-hydrogen) atoms. The number of nitrogens with zero attached hydrogens (tertiary/aromatic N) is 2. The van der Waals surface area contributed by atoms with Crippen molar-refractivity contribution in [2.24, 2.45) is 0 Å². The number of nitrogens with one attached hydrogen (secondary N) is 1. The molecule has 1 atom stereocenters. The summed E-state index contributed by atoms with van der Waals surface area (Å²) in [7, 11) is 0. The van der Waals surface area contributed by atoms with Gasteiger partial charge < -0.3 is 10.1 Å². The highest BCUT2D eigenvalue weighted by Crippen LogP contribution is 2.32. The Hall–Kier alpha value is -1.71. The molecule has 0 saturated heterocycles. The summed E-state index contributed by atoms with van der Waals surface area (Å²) in [6.45, 7) is 0. The fraction of sp³-hybridized carbons (Fsp3) is 0.222. The van der Waals surface area contributed by atoms with Crippen LogP contribution in [0.5, 0.6) is 0 Å². The van der Waals surface area contributed by atoms with E-state index in [0.717, 1.165) is 12.2 Å². The lowest BCUT2D eigenvalue weighted by atomic mass is 10.1. The molecule has 1 aromatic heterocycles. The number of allylic oxidation sites excluding steroid dienone is 1. The number of fused-ring (bicyclic) bond motifs is 3. The van der Waals surface area contributed by atoms with E-state index in [1.165, 1.54) is 5.57 Å².